The highest BCUT2D eigenvalue weighted by Crippen LogP contribution is 2.15. The average molecular weight is 166 g/mol. The molecule has 1 aromatic rings. The second-order valence-corrected chi connectivity index (χ2v) is 2.61. The van der Waals surface area contributed by atoms with Crippen LogP contribution in [0.15, 0.2) is 24.9 Å². The van der Waals surface area contributed by atoms with E-state index in [1.807, 2.05) is 13.0 Å². The first kappa shape index (κ1) is 9.00. The summed E-state index contributed by atoms with van der Waals surface area (Å²) in [4.78, 5) is 0. The number of rotatable bonds is 4. The normalized spacial score (nSPS) is 12.8. The smallest absolute Gasteiger partial charge is 0.0990 e. The molecule has 12 heavy (non-hydrogen) atoms. The van der Waals surface area contributed by atoms with Gasteiger partial charge in [0.2, 0.25) is 0 Å². The number of hydrogen-bond donors (Lipinski definition) is 1. The Labute approximate surface area is 72.3 Å². The molecule has 1 N–H and O–H groups in total. The van der Waals surface area contributed by atoms with Gasteiger partial charge in [0.1, 0.15) is 0 Å². The summed E-state index contributed by atoms with van der Waals surface area (Å²) in [5.74, 6) is 0. The summed E-state index contributed by atoms with van der Waals surface area (Å²) >= 11 is 0. The lowest BCUT2D eigenvalue weighted by atomic mass is 10.2. The van der Waals surface area contributed by atoms with Gasteiger partial charge in [-0.25, -0.2) is 0 Å². The fourth-order valence-corrected chi connectivity index (χ4v) is 1.17. The van der Waals surface area contributed by atoms with Crippen LogP contribution in [0.3, 0.4) is 0 Å². The van der Waals surface area contributed by atoms with Crippen molar-refractivity contribution in [3.63, 3.8) is 0 Å². The predicted molar refractivity (Wildman–Crippen MR) is 47.7 cm³/mol. The second-order valence-electron chi connectivity index (χ2n) is 2.61. The maximum absolute atomic E-state index is 9.59. The monoisotopic (exact) mass is 166 g/mol. The molecule has 0 aliphatic rings. The maximum atomic E-state index is 9.59. The lowest BCUT2D eigenvalue weighted by Gasteiger charge is -2.09. The van der Waals surface area contributed by atoms with E-state index < -0.39 is 6.10 Å². The zero-order chi connectivity index (χ0) is 8.97. The topological polar surface area (TPSA) is 38.1 Å². The van der Waals surface area contributed by atoms with Crippen molar-refractivity contribution in [1.82, 2.24) is 9.78 Å². The zero-order valence-corrected chi connectivity index (χ0v) is 7.27. The molecular formula is C9H14N2O. The van der Waals surface area contributed by atoms with E-state index in [0.29, 0.717) is 6.42 Å². The minimum Gasteiger partial charge on any atom is -0.386 e. The minimum atomic E-state index is -0.468. The van der Waals surface area contributed by atoms with Crippen molar-refractivity contribution in [2.45, 2.75) is 26.0 Å². The van der Waals surface area contributed by atoms with Crippen molar-refractivity contribution in [1.29, 1.82) is 0 Å². The number of aromatic nitrogens is 2. The van der Waals surface area contributed by atoms with Gasteiger partial charge in [0.25, 0.3) is 0 Å². The van der Waals surface area contributed by atoms with Crippen LogP contribution in [0.2, 0.25) is 0 Å². The molecule has 0 aromatic carbocycles. The van der Waals surface area contributed by atoms with E-state index >= 15 is 0 Å². The molecule has 0 amide bonds. The molecule has 0 bridgehead atoms. The van der Waals surface area contributed by atoms with Gasteiger partial charge in [-0.15, -0.1) is 6.58 Å². The van der Waals surface area contributed by atoms with E-state index in [0.717, 1.165) is 12.2 Å². The van der Waals surface area contributed by atoms with Gasteiger partial charge in [-0.3, -0.25) is 4.68 Å². The molecule has 0 spiro atoms. The number of hydrogen-bond acceptors (Lipinski definition) is 2. The lowest BCUT2D eigenvalue weighted by molar-refractivity contribution is 0.170. The Hall–Kier alpha value is -1.09. The van der Waals surface area contributed by atoms with Gasteiger partial charge in [-0.1, -0.05) is 6.08 Å². The second kappa shape index (κ2) is 4.07. The van der Waals surface area contributed by atoms with Gasteiger partial charge < -0.3 is 5.11 Å². The summed E-state index contributed by atoms with van der Waals surface area (Å²) in [6.45, 7) is 6.36. The molecule has 0 radical (unpaired) electrons. The molecule has 1 rings (SSSR count). The van der Waals surface area contributed by atoms with Crippen LogP contribution in [-0.4, -0.2) is 14.9 Å². The van der Waals surface area contributed by atoms with Crippen molar-refractivity contribution < 1.29 is 5.11 Å². The summed E-state index contributed by atoms with van der Waals surface area (Å²) in [5.41, 5.74) is 0.859. The largest absolute Gasteiger partial charge is 0.386 e. The minimum absolute atomic E-state index is 0.468. The van der Waals surface area contributed by atoms with Gasteiger partial charge in [0.05, 0.1) is 11.8 Å². The fraction of sp³-hybridized carbons (Fsp3) is 0.444. The molecule has 3 nitrogen and oxygen atoms in total. The van der Waals surface area contributed by atoms with Crippen LogP contribution in [0.5, 0.6) is 0 Å². The van der Waals surface area contributed by atoms with E-state index in [1.165, 1.54) is 0 Å². The van der Waals surface area contributed by atoms with E-state index in [1.54, 1.807) is 17.0 Å². The Morgan fingerprint density at radius 2 is 2.58 bits per heavy atom. The lowest BCUT2D eigenvalue weighted by Crippen LogP contribution is -2.07. The molecule has 66 valence electrons. The zero-order valence-electron chi connectivity index (χ0n) is 7.27. The average Bonchev–Trinajstić information content (AvgIpc) is 2.51. The molecule has 0 aliphatic carbocycles. The van der Waals surface area contributed by atoms with Gasteiger partial charge in [0, 0.05) is 12.7 Å². The first-order valence-corrected chi connectivity index (χ1v) is 4.10. The highest BCUT2D eigenvalue weighted by molar-refractivity contribution is 5.05. The Morgan fingerprint density at radius 3 is 3.17 bits per heavy atom. The van der Waals surface area contributed by atoms with Crippen molar-refractivity contribution in [2.75, 3.05) is 0 Å². The van der Waals surface area contributed by atoms with Crippen LogP contribution in [0.4, 0.5) is 0 Å². The SMILES string of the molecule is C=CCC(O)c1ccnn1CC. The highest BCUT2D eigenvalue weighted by Gasteiger charge is 2.09. The van der Waals surface area contributed by atoms with Crippen LogP contribution in [-0.2, 0) is 6.54 Å². The summed E-state index contributed by atoms with van der Waals surface area (Å²) in [6, 6.07) is 1.83. The van der Waals surface area contributed by atoms with Gasteiger partial charge in [-0.05, 0) is 19.4 Å². The molecule has 1 unspecified atom stereocenters. The molecule has 0 fully saturated rings. The quantitative estimate of drug-likeness (QED) is 0.688. The van der Waals surface area contributed by atoms with E-state index in [4.69, 9.17) is 0 Å². The number of nitrogens with zero attached hydrogens (tertiary/aromatic N) is 2. The molecule has 0 saturated heterocycles. The van der Waals surface area contributed by atoms with Crippen LogP contribution in [0.1, 0.15) is 25.1 Å². The van der Waals surface area contributed by atoms with Crippen LogP contribution < -0.4 is 0 Å². The van der Waals surface area contributed by atoms with Crippen molar-refractivity contribution in [3.05, 3.63) is 30.6 Å². The Kier molecular flexibility index (Phi) is 3.05. The molecule has 1 heterocycles. The van der Waals surface area contributed by atoms with Gasteiger partial charge >= 0.3 is 0 Å². The fourth-order valence-electron chi connectivity index (χ4n) is 1.17. The van der Waals surface area contributed by atoms with E-state index in [-0.39, 0.29) is 0 Å². The first-order chi connectivity index (χ1) is 5.79. The standard InChI is InChI=1S/C9H14N2O/c1-3-5-9(12)8-6-7-10-11(8)4-2/h3,6-7,9,12H,1,4-5H2,2H3. The summed E-state index contributed by atoms with van der Waals surface area (Å²) in [7, 11) is 0. The summed E-state index contributed by atoms with van der Waals surface area (Å²) in [5, 5.41) is 13.6. The third kappa shape index (κ3) is 1.74. The van der Waals surface area contributed by atoms with Gasteiger partial charge in [0.15, 0.2) is 0 Å². The molecule has 1 aromatic heterocycles. The summed E-state index contributed by atoms with van der Waals surface area (Å²) < 4.78 is 1.79. The molecule has 0 saturated carbocycles. The number of aliphatic hydroxyl groups excluding tert-OH is 1. The number of aryl methyl sites for hydroxylation is 1. The Bertz CT molecular complexity index is 255. The highest BCUT2D eigenvalue weighted by atomic mass is 16.3. The van der Waals surface area contributed by atoms with Crippen molar-refractivity contribution in [3.8, 4) is 0 Å². The number of aliphatic hydroxyl groups is 1. The third-order valence-electron chi connectivity index (χ3n) is 1.78. The maximum Gasteiger partial charge on any atom is 0.0990 e. The third-order valence-corrected chi connectivity index (χ3v) is 1.78. The van der Waals surface area contributed by atoms with E-state index in [9.17, 15) is 5.11 Å². The van der Waals surface area contributed by atoms with E-state index in [2.05, 4.69) is 11.7 Å². The van der Waals surface area contributed by atoms with Crippen LogP contribution >= 0.6 is 0 Å². The van der Waals surface area contributed by atoms with Gasteiger partial charge in [-0.2, -0.15) is 5.10 Å². The van der Waals surface area contributed by atoms with Crippen LogP contribution in [0.25, 0.3) is 0 Å². The Balaban J connectivity index is 2.78. The first-order valence-electron chi connectivity index (χ1n) is 4.10. The molecule has 0 aliphatic heterocycles. The molecule has 3 heteroatoms. The van der Waals surface area contributed by atoms with Crippen LogP contribution in [0, 0.1) is 0 Å². The predicted octanol–water partition coefficient (Wildman–Crippen LogP) is 1.51. The van der Waals surface area contributed by atoms with Crippen molar-refractivity contribution >= 4 is 0 Å². The molecular weight excluding hydrogens is 152 g/mol. The Morgan fingerprint density at radius 1 is 1.83 bits per heavy atom. The molecule has 1 atom stereocenters. The van der Waals surface area contributed by atoms with Crippen molar-refractivity contribution in [2.24, 2.45) is 0 Å². The summed E-state index contributed by atoms with van der Waals surface area (Å²) in [6.07, 6.45) is 3.51.